The van der Waals surface area contributed by atoms with E-state index in [0.29, 0.717) is 9.58 Å². The number of Topliss-reactive ketones (excluding diaryl/α,β-unsaturated/α-hetero) is 1. The van der Waals surface area contributed by atoms with Crippen molar-refractivity contribution < 1.29 is 32.9 Å². The van der Waals surface area contributed by atoms with Gasteiger partial charge in [0.05, 0.1) is 26.2 Å². The van der Waals surface area contributed by atoms with Crippen LogP contribution in [0.5, 0.6) is 11.5 Å². The first-order valence-corrected chi connectivity index (χ1v) is 7.76. The number of carbonyl (C=O) groups is 2. The number of hydrogen-bond acceptors (Lipinski definition) is 7. The van der Waals surface area contributed by atoms with Crippen molar-refractivity contribution in [2.75, 3.05) is 28.4 Å². The molecule has 1 aromatic heterocycles. The van der Waals surface area contributed by atoms with Crippen molar-refractivity contribution in [1.82, 2.24) is 0 Å². The predicted octanol–water partition coefficient (Wildman–Crippen LogP) is 2.82. The van der Waals surface area contributed by atoms with Crippen LogP contribution in [0.2, 0.25) is 0 Å². The van der Waals surface area contributed by atoms with E-state index < -0.39 is 17.9 Å². The lowest BCUT2D eigenvalue weighted by atomic mass is 10.1. The third-order valence-corrected chi connectivity index (χ3v) is 4.62. The molecule has 130 valence electrons. The summed E-state index contributed by atoms with van der Waals surface area (Å²) < 4.78 is 34.7. The van der Waals surface area contributed by atoms with Gasteiger partial charge in [-0.3, -0.25) is 4.79 Å². The molecule has 1 atom stereocenters. The van der Waals surface area contributed by atoms with Crippen molar-refractivity contribution in [3.8, 4) is 11.5 Å². The van der Waals surface area contributed by atoms with Crippen LogP contribution in [0.25, 0.3) is 10.1 Å². The van der Waals surface area contributed by atoms with Gasteiger partial charge < -0.3 is 18.9 Å². The van der Waals surface area contributed by atoms with Crippen LogP contribution in [0.15, 0.2) is 12.1 Å². The SMILES string of the molecule is COC(=O)[C@H](CC(=O)c1cc2c(F)c(OC)c(OC)cc2s1)OC. The topological polar surface area (TPSA) is 71.1 Å². The van der Waals surface area contributed by atoms with Gasteiger partial charge in [-0.25, -0.2) is 9.18 Å². The van der Waals surface area contributed by atoms with E-state index in [9.17, 15) is 14.0 Å². The molecule has 0 saturated carbocycles. The molecule has 0 saturated heterocycles. The summed E-state index contributed by atoms with van der Waals surface area (Å²) in [5.74, 6) is -1.36. The van der Waals surface area contributed by atoms with Gasteiger partial charge in [-0.05, 0) is 6.07 Å². The highest BCUT2D eigenvalue weighted by molar-refractivity contribution is 7.20. The van der Waals surface area contributed by atoms with Gasteiger partial charge in [0.15, 0.2) is 29.2 Å². The largest absolute Gasteiger partial charge is 0.493 e. The molecule has 0 bridgehead atoms. The van der Waals surface area contributed by atoms with E-state index in [0.717, 1.165) is 11.3 Å². The van der Waals surface area contributed by atoms with Crippen LogP contribution < -0.4 is 9.47 Å². The normalized spacial score (nSPS) is 12.0. The number of ketones is 1. The van der Waals surface area contributed by atoms with Gasteiger partial charge in [0.1, 0.15) is 0 Å². The number of carbonyl (C=O) groups excluding carboxylic acids is 2. The quantitative estimate of drug-likeness (QED) is 0.561. The Morgan fingerprint density at radius 1 is 1.17 bits per heavy atom. The van der Waals surface area contributed by atoms with E-state index in [2.05, 4.69) is 4.74 Å². The molecule has 1 aromatic carbocycles. The average molecular weight is 356 g/mol. The predicted molar refractivity (Wildman–Crippen MR) is 86.6 cm³/mol. The lowest BCUT2D eigenvalue weighted by Gasteiger charge is -2.10. The number of thiophene rings is 1. The average Bonchev–Trinajstić information content (AvgIpc) is 3.03. The second-order valence-corrected chi connectivity index (χ2v) is 5.91. The molecule has 0 spiro atoms. The van der Waals surface area contributed by atoms with Crippen molar-refractivity contribution in [3.05, 3.63) is 22.8 Å². The highest BCUT2D eigenvalue weighted by Crippen LogP contribution is 2.40. The number of ether oxygens (including phenoxy) is 4. The summed E-state index contributed by atoms with van der Waals surface area (Å²) >= 11 is 1.11. The molecule has 0 aliphatic heterocycles. The van der Waals surface area contributed by atoms with Gasteiger partial charge in [-0.15, -0.1) is 11.3 Å². The summed E-state index contributed by atoms with van der Waals surface area (Å²) in [4.78, 5) is 24.2. The van der Waals surface area contributed by atoms with Gasteiger partial charge in [-0.2, -0.15) is 0 Å². The number of benzene rings is 1. The number of esters is 1. The van der Waals surface area contributed by atoms with E-state index >= 15 is 0 Å². The minimum Gasteiger partial charge on any atom is -0.493 e. The van der Waals surface area contributed by atoms with E-state index in [1.165, 1.54) is 34.5 Å². The van der Waals surface area contributed by atoms with Crippen LogP contribution in [0.1, 0.15) is 16.1 Å². The molecule has 6 nitrogen and oxygen atoms in total. The molecule has 0 unspecified atom stereocenters. The molecule has 24 heavy (non-hydrogen) atoms. The summed E-state index contributed by atoms with van der Waals surface area (Å²) in [7, 11) is 5.27. The zero-order chi connectivity index (χ0) is 17.9. The third-order valence-electron chi connectivity index (χ3n) is 3.50. The standard InChI is InChI=1S/C16H17FO6S/c1-20-10-7-12-8(14(17)15(10)22-3)5-13(24-12)9(18)6-11(21-2)16(19)23-4/h5,7,11H,6H2,1-4H3/t11-/m0/s1. The highest BCUT2D eigenvalue weighted by atomic mass is 32.1. The molecule has 8 heteroatoms. The van der Waals surface area contributed by atoms with Crippen LogP contribution in [0.4, 0.5) is 4.39 Å². The smallest absolute Gasteiger partial charge is 0.335 e. The Bertz CT molecular complexity index is 770. The summed E-state index contributed by atoms with van der Waals surface area (Å²) in [6.07, 6.45) is -1.19. The van der Waals surface area contributed by atoms with Gasteiger partial charge in [0.2, 0.25) is 0 Å². The van der Waals surface area contributed by atoms with E-state index in [1.54, 1.807) is 6.07 Å². The number of halogens is 1. The Kier molecular flexibility index (Phi) is 5.74. The van der Waals surface area contributed by atoms with Crippen molar-refractivity contribution >= 4 is 33.2 Å². The van der Waals surface area contributed by atoms with Crippen molar-refractivity contribution in [3.63, 3.8) is 0 Å². The summed E-state index contributed by atoms with van der Waals surface area (Å²) in [5.41, 5.74) is 0. The Hall–Kier alpha value is -2.19. The van der Waals surface area contributed by atoms with Crippen LogP contribution in [0.3, 0.4) is 0 Å². The van der Waals surface area contributed by atoms with Gasteiger partial charge in [0.25, 0.3) is 0 Å². The molecule has 0 amide bonds. The third kappa shape index (κ3) is 3.34. The number of hydrogen-bond donors (Lipinski definition) is 0. The fourth-order valence-corrected chi connectivity index (χ4v) is 3.28. The first-order chi connectivity index (χ1) is 11.5. The number of rotatable bonds is 7. The second-order valence-electron chi connectivity index (χ2n) is 4.82. The van der Waals surface area contributed by atoms with Crippen LogP contribution in [-0.2, 0) is 14.3 Å². The molecule has 0 N–H and O–H groups in total. The Labute approximate surface area is 142 Å². The molecule has 1 heterocycles. The molecule has 0 fully saturated rings. The Morgan fingerprint density at radius 2 is 1.88 bits per heavy atom. The first-order valence-electron chi connectivity index (χ1n) is 6.94. The highest BCUT2D eigenvalue weighted by Gasteiger charge is 2.25. The molecule has 0 radical (unpaired) electrons. The maximum Gasteiger partial charge on any atom is 0.335 e. The maximum absolute atomic E-state index is 14.5. The van der Waals surface area contributed by atoms with E-state index in [-0.39, 0.29) is 29.1 Å². The minimum atomic E-state index is -0.998. The fraction of sp³-hybridized carbons (Fsp3) is 0.375. The first kappa shape index (κ1) is 18.2. The summed E-state index contributed by atoms with van der Waals surface area (Å²) in [6.45, 7) is 0. The molecular formula is C16H17FO6S. The minimum absolute atomic E-state index is 0.0221. The molecule has 2 rings (SSSR count). The summed E-state index contributed by atoms with van der Waals surface area (Å²) in [5, 5.41) is 0.257. The van der Waals surface area contributed by atoms with Crippen LogP contribution >= 0.6 is 11.3 Å². The van der Waals surface area contributed by atoms with Gasteiger partial charge in [-0.1, -0.05) is 0 Å². The summed E-state index contributed by atoms with van der Waals surface area (Å²) in [6, 6.07) is 3.04. The number of methoxy groups -OCH3 is 4. The monoisotopic (exact) mass is 356 g/mol. The zero-order valence-corrected chi connectivity index (χ0v) is 14.5. The second kappa shape index (κ2) is 7.59. The van der Waals surface area contributed by atoms with Crippen LogP contribution in [0, 0.1) is 5.82 Å². The van der Waals surface area contributed by atoms with E-state index in [1.807, 2.05) is 0 Å². The lowest BCUT2D eigenvalue weighted by Crippen LogP contribution is -2.27. The maximum atomic E-state index is 14.5. The lowest BCUT2D eigenvalue weighted by molar-refractivity contribution is -0.152. The van der Waals surface area contributed by atoms with E-state index in [4.69, 9.17) is 14.2 Å². The number of fused-ring (bicyclic) bond motifs is 1. The van der Waals surface area contributed by atoms with Crippen LogP contribution in [-0.4, -0.2) is 46.3 Å². The van der Waals surface area contributed by atoms with Crippen molar-refractivity contribution in [1.29, 1.82) is 0 Å². The molecule has 0 aliphatic carbocycles. The molecular weight excluding hydrogens is 339 g/mol. The molecule has 0 aliphatic rings. The Morgan fingerprint density at radius 3 is 2.42 bits per heavy atom. The van der Waals surface area contributed by atoms with Gasteiger partial charge in [0, 0.05) is 29.7 Å². The zero-order valence-electron chi connectivity index (χ0n) is 13.7. The van der Waals surface area contributed by atoms with Crippen molar-refractivity contribution in [2.24, 2.45) is 0 Å². The fourth-order valence-electron chi connectivity index (χ4n) is 2.24. The van der Waals surface area contributed by atoms with Crippen molar-refractivity contribution in [2.45, 2.75) is 12.5 Å². The van der Waals surface area contributed by atoms with Gasteiger partial charge >= 0.3 is 5.97 Å². The Balaban J connectivity index is 2.38. The molecule has 2 aromatic rings.